The Bertz CT molecular complexity index is 405. The van der Waals surface area contributed by atoms with Gasteiger partial charge in [0.15, 0.2) is 0 Å². The molecule has 0 aliphatic carbocycles. The zero-order chi connectivity index (χ0) is 13.1. The Morgan fingerprint density at radius 3 is 2.89 bits per heavy atom. The van der Waals surface area contributed by atoms with Gasteiger partial charge in [0.05, 0.1) is 0 Å². The average Bonchev–Trinajstić information content (AvgIpc) is 2.35. The quantitative estimate of drug-likeness (QED) is 0.918. The largest absolute Gasteiger partial charge is 0.371 e. The van der Waals surface area contributed by atoms with Crippen LogP contribution in [0, 0.1) is 12.8 Å². The molecule has 1 fully saturated rings. The summed E-state index contributed by atoms with van der Waals surface area (Å²) in [6, 6.07) is 7.24. The lowest BCUT2D eigenvalue weighted by Gasteiger charge is -2.39. The monoisotopic (exact) mass is 310 g/mol. The lowest BCUT2D eigenvalue weighted by atomic mass is 9.93. The van der Waals surface area contributed by atoms with E-state index in [4.69, 9.17) is 0 Å². The highest BCUT2D eigenvalue weighted by molar-refractivity contribution is 9.10. The molecule has 0 bridgehead atoms. The molecular weight excluding hydrogens is 288 g/mol. The van der Waals surface area contributed by atoms with E-state index in [1.807, 2.05) is 0 Å². The Balaban J connectivity index is 2.10. The predicted octanol–water partition coefficient (Wildman–Crippen LogP) is 3.58. The second kappa shape index (κ2) is 6.07. The maximum absolute atomic E-state index is 3.60. The van der Waals surface area contributed by atoms with Crippen molar-refractivity contribution in [1.82, 2.24) is 5.32 Å². The number of nitrogens with one attached hydrogen (secondary N) is 1. The molecule has 0 amide bonds. The molecule has 0 spiro atoms. The van der Waals surface area contributed by atoms with Gasteiger partial charge in [0.25, 0.3) is 0 Å². The molecule has 1 heterocycles. The maximum Gasteiger partial charge on any atom is 0.0407 e. The van der Waals surface area contributed by atoms with Gasteiger partial charge in [-0.25, -0.2) is 0 Å². The van der Waals surface area contributed by atoms with Crippen LogP contribution in [-0.2, 0) is 0 Å². The van der Waals surface area contributed by atoms with Gasteiger partial charge in [0.1, 0.15) is 0 Å². The van der Waals surface area contributed by atoms with Crippen LogP contribution in [0.25, 0.3) is 0 Å². The Morgan fingerprint density at radius 1 is 1.44 bits per heavy atom. The highest BCUT2D eigenvalue weighted by atomic mass is 79.9. The molecule has 3 heteroatoms. The number of rotatable bonds is 3. The number of aryl methyl sites for hydroxylation is 1. The predicted molar refractivity (Wildman–Crippen MR) is 82.3 cm³/mol. The van der Waals surface area contributed by atoms with Crippen molar-refractivity contribution in [3.63, 3.8) is 0 Å². The summed E-state index contributed by atoms with van der Waals surface area (Å²) in [5.74, 6) is 0.706. The van der Waals surface area contributed by atoms with Crippen LogP contribution in [-0.4, -0.2) is 25.7 Å². The van der Waals surface area contributed by atoms with Crippen molar-refractivity contribution in [2.75, 3.05) is 24.5 Å². The molecule has 2 nitrogen and oxygen atoms in total. The number of benzene rings is 1. The zero-order valence-electron chi connectivity index (χ0n) is 11.5. The van der Waals surface area contributed by atoms with Crippen LogP contribution in [0.15, 0.2) is 22.7 Å². The molecule has 2 rings (SSSR count). The molecule has 0 radical (unpaired) electrons. The molecule has 1 aromatic rings. The van der Waals surface area contributed by atoms with Gasteiger partial charge in [-0.3, -0.25) is 0 Å². The van der Waals surface area contributed by atoms with Crippen LogP contribution in [0.2, 0.25) is 0 Å². The van der Waals surface area contributed by atoms with Gasteiger partial charge in [-0.05, 0) is 43.5 Å². The van der Waals surface area contributed by atoms with Gasteiger partial charge >= 0.3 is 0 Å². The van der Waals surface area contributed by atoms with Crippen molar-refractivity contribution in [3.8, 4) is 0 Å². The molecule has 2 unspecified atom stereocenters. The summed E-state index contributed by atoms with van der Waals surface area (Å²) >= 11 is 3.58. The molecule has 1 aliphatic rings. The molecule has 0 saturated carbocycles. The Labute approximate surface area is 119 Å². The lowest BCUT2D eigenvalue weighted by Crippen LogP contribution is -2.48. The molecule has 100 valence electrons. The van der Waals surface area contributed by atoms with Crippen molar-refractivity contribution in [2.45, 2.75) is 33.2 Å². The lowest BCUT2D eigenvalue weighted by molar-refractivity contribution is 0.326. The zero-order valence-corrected chi connectivity index (χ0v) is 13.1. The molecule has 18 heavy (non-hydrogen) atoms. The summed E-state index contributed by atoms with van der Waals surface area (Å²) in [5, 5.41) is 3.60. The van der Waals surface area contributed by atoms with E-state index in [0.717, 1.165) is 19.6 Å². The van der Waals surface area contributed by atoms with Crippen molar-refractivity contribution in [2.24, 2.45) is 5.92 Å². The summed E-state index contributed by atoms with van der Waals surface area (Å²) in [6.45, 7) is 10.1. The topological polar surface area (TPSA) is 15.3 Å². The van der Waals surface area contributed by atoms with Gasteiger partial charge in [-0.15, -0.1) is 0 Å². The minimum atomic E-state index is 0.679. The number of anilines is 1. The first-order valence-electron chi connectivity index (χ1n) is 6.86. The fourth-order valence-corrected chi connectivity index (χ4v) is 3.20. The summed E-state index contributed by atoms with van der Waals surface area (Å²) in [5.41, 5.74) is 2.75. The van der Waals surface area contributed by atoms with Gasteiger partial charge in [0, 0.05) is 29.3 Å². The fourth-order valence-electron chi connectivity index (χ4n) is 2.85. The van der Waals surface area contributed by atoms with Crippen LogP contribution in [0.4, 0.5) is 5.69 Å². The van der Waals surface area contributed by atoms with Crippen LogP contribution >= 0.6 is 15.9 Å². The van der Waals surface area contributed by atoms with Crippen molar-refractivity contribution in [1.29, 1.82) is 0 Å². The highest BCUT2D eigenvalue weighted by Gasteiger charge is 2.25. The number of halogens is 1. The van der Waals surface area contributed by atoms with Gasteiger partial charge in [0.2, 0.25) is 0 Å². The summed E-state index contributed by atoms with van der Waals surface area (Å²) in [7, 11) is 0. The molecule has 1 saturated heterocycles. The summed E-state index contributed by atoms with van der Waals surface area (Å²) in [6.07, 6.45) is 1.24. The normalized spacial score (nSPS) is 24.3. The Hall–Kier alpha value is -0.540. The third-order valence-electron chi connectivity index (χ3n) is 3.88. The van der Waals surface area contributed by atoms with E-state index in [-0.39, 0.29) is 0 Å². The second-order valence-corrected chi connectivity index (χ2v) is 6.22. The average molecular weight is 311 g/mol. The molecular formula is C15H23BrN2. The number of nitrogens with zero attached hydrogens (tertiary/aromatic N) is 1. The standard InChI is InChI=1S/C15H23BrN2/c1-4-17-14-7-8-18(10-12(14)3)15-9-13(16)6-5-11(15)2/h5-6,9,12,14,17H,4,7-8,10H2,1-3H3. The molecule has 1 aromatic carbocycles. The molecule has 2 atom stereocenters. The maximum atomic E-state index is 3.60. The van der Waals surface area contributed by atoms with E-state index >= 15 is 0 Å². The SMILES string of the molecule is CCNC1CCN(c2cc(Br)ccc2C)CC1C. The van der Waals surface area contributed by atoms with Crippen molar-refractivity contribution in [3.05, 3.63) is 28.2 Å². The van der Waals surface area contributed by atoms with E-state index in [9.17, 15) is 0 Å². The smallest absolute Gasteiger partial charge is 0.0407 e. The minimum absolute atomic E-state index is 0.679. The van der Waals surface area contributed by atoms with Gasteiger partial charge in [-0.1, -0.05) is 35.8 Å². The van der Waals surface area contributed by atoms with Crippen LogP contribution in [0.3, 0.4) is 0 Å². The molecule has 1 aliphatic heterocycles. The van der Waals surface area contributed by atoms with E-state index in [0.29, 0.717) is 12.0 Å². The Morgan fingerprint density at radius 2 is 2.22 bits per heavy atom. The second-order valence-electron chi connectivity index (χ2n) is 5.31. The van der Waals surface area contributed by atoms with Crippen LogP contribution in [0.5, 0.6) is 0 Å². The fraction of sp³-hybridized carbons (Fsp3) is 0.600. The number of hydrogen-bond acceptors (Lipinski definition) is 2. The van der Waals surface area contributed by atoms with Crippen LogP contribution < -0.4 is 10.2 Å². The molecule has 1 N–H and O–H groups in total. The third kappa shape index (κ3) is 3.07. The van der Waals surface area contributed by atoms with Gasteiger partial charge < -0.3 is 10.2 Å². The summed E-state index contributed by atoms with van der Waals surface area (Å²) < 4.78 is 1.17. The highest BCUT2D eigenvalue weighted by Crippen LogP contribution is 2.28. The van der Waals surface area contributed by atoms with E-state index in [2.05, 4.69) is 65.1 Å². The summed E-state index contributed by atoms with van der Waals surface area (Å²) in [4.78, 5) is 2.53. The first kappa shape index (κ1) is 13.9. The number of hydrogen-bond donors (Lipinski definition) is 1. The van der Waals surface area contributed by atoms with Crippen LogP contribution in [0.1, 0.15) is 25.8 Å². The first-order chi connectivity index (χ1) is 8.61. The number of piperidine rings is 1. The van der Waals surface area contributed by atoms with Gasteiger partial charge in [-0.2, -0.15) is 0 Å². The molecule has 0 aromatic heterocycles. The Kier molecular flexibility index (Phi) is 4.68. The van der Waals surface area contributed by atoms with Crippen molar-refractivity contribution >= 4 is 21.6 Å². The minimum Gasteiger partial charge on any atom is -0.371 e. The van der Waals surface area contributed by atoms with E-state index in [1.165, 1.54) is 22.1 Å². The van der Waals surface area contributed by atoms with Crippen molar-refractivity contribution < 1.29 is 0 Å². The first-order valence-corrected chi connectivity index (χ1v) is 7.65. The van der Waals surface area contributed by atoms with E-state index in [1.54, 1.807) is 0 Å². The van der Waals surface area contributed by atoms with E-state index < -0.39 is 0 Å². The third-order valence-corrected chi connectivity index (χ3v) is 4.38.